The third-order valence-corrected chi connectivity index (χ3v) is 6.20. The average molecular weight is 343 g/mol. The Kier molecular flexibility index (Phi) is 3.17. The fraction of sp³-hybridized carbons (Fsp3) is 0.0833. The van der Waals surface area contributed by atoms with Crippen molar-refractivity contribution in [1.82, 2.24) is 0 Å². The van der Waals surface area contributed by atoms with Gasteiger partial charge in [0.05, 0.1) is 4.88 Å². The number of halogens is 1. The highest BCUT2D eigenvalue weighted by Gasteiger charge is 2.12. The van der Waals surface area contributed by atoms with Crippen molar-refractivity contribution in [1.29, 1.82) is 0 Å². The summed E-state index contributed by atoms with van der Waals surface area (Å²) in [5.41, 5.74) is 0. The normalized spacial score (nSPS) is 11.1. The smallest absolute Gasteiger partial charge is 0.178 e. The monoisotopic (exact) mass is 342 g/mol. The van der Waals surface area contributed by atoms with Crippen LogP contribution in [-0.4, -0.2) is 5.78 Å². The van der Waals surface area contributed by atoms with Crippen molar-refractivity contribution in [2.45, 2.75) is 6.42 Å². The minimum Gasteiger partial charge on any atom is -0.293 e. The first-order valence-corrected chi connectivity index (χ1v) is 8.32. The summed E-state index contributed by atoms with van der Waals surface area (Å²) in [6, 6.07) is 6.09. The van der Waals surface area contributed by atoms with Crippen LogP contribution in [0.2, 0.25) is 0 Å². The molecule has 0 saturated carbocycles. The lowest BCUT2D eigenvalue weighted by Gasteiger charge is -1.93. The number of rotatable bonds is 3. The average Bonchev–Trinajstić information content (AvgIpc) is 2.92. The zero-order valence-electron chi connectivity index (χ0n) is 8.60. The number of hydrogen-bond acceptors (Lipinski definition) is 4. The van der Waals surface area contributed by atoms with Crippen molar-refractivity contribution in [3.63, 3.8) is 0 Å². The third kappa shape index (κ3) is 2.38. The van der Waals surface area contributed by atoms with Gasteiger partial charge >= 0.3 is 0 Å². The van der Waals surface area contributed by atoms with Gasteiger partial charge in [-0.05, 0) is 39.5 Å². The summed E-state index contributed by atoms with van der Waals surface area (Å²) < 4.78 is 3.48. The van der Waals surface area contributed by atoms with E-state index in [1.165, 1.54) is 9.40 Å². The lowest BCUT2D eigenvalue weighted by atomic mass is 10.2. The zero-order chi connectivity index (χ0) is 11.8. The Balaban J connectivity index is 1.84. The largest absolute Gasteiger partial charge is 0.293 e. The predicted octanol–water partition coefficient (Wildman–Crippen LogP) is 5.21. The second-order valence-corrected chi connectivity index (χ2v) is 7.53. The van der Waals surface area contributed by atoms with E-state index in [-0.39, 0.29) is 5.78 Å². The summed E-state index contributed by atoms with van der Waals surface area (Å²) in [4.78, 5) is 14.1. The molecule has 0 bridgehead atoms. The molecule has 3 aromatic rings. The maximum Gasteiger partial charge on any atom is 0.178 e. The van der Waals surface area contributed by atoms with Crippen molar-refractivity contribution >= 4 is 65.1 Å². The topological polar surface area (TPSA) is 17.1 Å². The number of Topliss-reactive ketones (excluding diaryl/α,β-unsaturated/α-hetero) is 1. The number of carbonyl (C=O) groups is 1. The number of carbonyl (C=O) groups excluding carboxylic acids is 1. The molecule has 0 aliphatic heterocycles. The molecule has 3 aromatic heterocycles. The molecule has 0 radical (unpaired) electrons. The van der Waals surface area contributed by atoms with Crippen LogP contribution in [0.1, 0.15) is 14.5 Å². The van der Waals surface area contributed by atoms with Crippen LogP contribution < -0.4 is 0 Å². The molecule has 1 nitrogen and oxygen atoms in total. The molecule has 3 rings (SSSR count). The Morgan fingerprint density at radius 3 is 2.82 bits per heavy atom. The number of thiophene rings is 3. The third-order valence-electron chi connectivity index (χ3n) is 2.37. The summed E-state index contributed by atoms with van der Waals surface area (Å²) in [5, 5.41) is 4.07. The Labute approximate surface area is 119 Å². The summed E-state index contributed by atoms with van der Waals surface area (Å²) in [7, 11) is 0. The van der Waals surface area contributed by atoms with Gasteiger partial charge in [0.2, 0.25) is 0 Å². The van der Waals surface area contributed by atoms with Gasteiger partial charge in [-0.1, -0.05) is 0 Å². The molecular formula is C12H7BrOS3. The van der Waals surface area contributed by atoms with Gasteiger partial charge < -0.3 is 0 Å². The molecule has 0 unspecified atom stereocenters. The standard InChI is InChI=1S/C12H7BrOS3/c13-7-3-8(16-6-7)4-9(14)11-5-12-10(17-11)1-2-15-12/h1-3,5-6H,4H2. The Morgan fingerprint density at radius 2 is 2.12 bits per heavy atom. The van der Waals surface area contributed by atoms with E-state index in [4.69, 9.17) is 0 Å². The van der Waals surface area contributed by atoms with Gasteiger partial charge in [-0.2, -0.15) is 0 Å². The maximum absolute atomic E-state index is 12.1. The minimum absolute atomic E-state index is 0.216. The molecule has 3 heterocycles. The summed E-state index contributed by atoms with van der Waals surface area (Å²) in [6.07, 6.45) is 0.504. The fourth-order valence-electron chi connectivity index (χ4n) is 1.60. The summed E-state index contributed by atoms with van der Waals surface area (Å²) in [5.74, 6) is 0.216. The molecule has 0 spiro atoms. The van der Waals surface area contributed by atoms with Crippen LogP contribution in [-0.2, 0) is 6.42 Å². The van der Waals surface area contributed by atoms with Crippen LogP contribution in [0.15, 0.2) is 33.4 Å². The molecule has 0 amide bonds. The number of fused-ring (bicyclic) bond motifs is 1. The second-order valence-electron chi connectivity index (χ2n) is 3.59. The first-order valence-electron chi connectivity index (χ1n) is 4.95. The van der Waals surface area contributed by atoms with Gasteiger partial charge in [-0.3, -0.25) is 4.79 Å². The molecule has 0 atom stereocenters. The zero-order valence-corrected chi connectivity index (χ0v) is 12.6. The van der Waals surface area contributed by atoms with Crippen molar-refractivity contribution in [3.05, 3.63) is 43.2 Å². The quantitative estimate of drug-likeness (QED) is 0.597. The van der Waals surface area contributed by atoms with E-state index >= 15 is 0 Å². The summed E-state index contributed by atoms with van der Waals surface area (Å²) >= 11 is 8.31. The minimum atomic E-state index is 0.216. The molecule has 5 heteroatoms. The van der Waals surface area contributed by atoms with E-state index < -0.39 is 0 Å². The molecule has 0 aromatic carbocycles. The molecule has 0 saturated heterocycles. The Morgan fingerprint density at radius 1 is 1.24 bits per heavy atom. The number of ketones is 1. The molecule has 0 aliphatic carbocycles. The molecule has 86 valence electrons. The van der Waals surface area contributed by atoms with E-state index in [1.807, 2.05) is 17.5 Å². The predicted molar refractivity (Wildman–Crippen MR) is 79.8 cm³/mol. The SMILES string of the molecule is O=C(Cc1cc(Br)cs1)c1cc2sccc2s1. The van der Waals surface area contributed by atoms with E-state index in [0.29, 0.717) is 6.42 Å². The van der Waals surface area contributed by atoms with Crippen LogP contribution in [0.4, 0.5) is 0 Å². The number of hydrogen-bond donors (Lipinski definition) is 0. The molecule has 0 N–H and O–H groups in total. The van der Waals surface area contributed by atoms with Crippen LogP contribution in [0.25, 0.3) is 9.40 Å². The molecule has 17 heavy (non-hydrogen) atoms. The van der Waals surface area contributed by atoms with E-state index in [2.05, 4.69) is 27.4 Å². The highest BCUT2D eigenvalue weighted by atomic mass is 79.9. The fourth-order valence-corrected chi connectivity index (χ4v) is 5.09. The van der Waals surface area contributed by atoms with Gasteiger partial charge in [0.1, 0.15) is 0 Å². The van der Waals surface area contributed by atoms with Crippen molar-refractivity contribution < 1.29 is 4.79 Å². The van der Waals surface area contributed by atoms with Crippen LogP contribution in [0, 0.1) is 0 Å². The van der Waals surface area contributed by atoms with E-state index in [0.717, 1.165) is 14.2 Å². The van der Waals surface area contributed by atoms with Gasteiger partial charge in [-0.25, -0.2) is 0 Å². The Bertz CT molecular complexity index is 648. The van der Waals surface area contributed by atoms with Crippen molar-refractivity contribution in [3.8, 4) is 0 Å². The molecular weight excluding hydrogens is 336 g/mol. The van der Waals surface area contributed by atoms with E-state index in [9.17, 15) is 4.79 Å². The van der Waals surface area contributed by atoms with Crippen molar-refractivity contribution in [2.75, 3.05) is 0 Å². The van der Waals surface area contributed by atoms with Gasteiger partial charge in [0.15, 0.2) is 5.78 Å². The maximum atomic E-state index is 12.1. The molecule has 0 aliphatic rings. The highest BCUT2D eigenvalue weighted by Crippen LogP contribution is 2.31. The van der Waals surface area contributed by atoms with Crippen molar-refractivity contribution in [2.24, 2.45) is 0 Å². The lowest BCUT2D eigenvalue weighted by Crippen LogP contribution is -1.98. The van der Waals surface area contributed by atoms with E-state index in [1.54, 1.807) is 34.0 Å². The lowest BCUT2D eigenvalue weighted by molar-refractivity contribution is 0.0998. The van der Waals surface area contributed by atoms with Gasteiger partial charge in [0.25, 0.3) is 0 Å². The van der Waals surface area contributed by atoms with Crippen LogP contribution in [0.5, 0.6) is 0 Å². The second kappa shape index (κ2) is 4.65. The summed E-state index contributed by atoms with van der Waals surface area (Å²) in [6.45, 7) is 0. The first-order chi connectivity index (χ1) is 8.22. The Hall–Kier alpha value is -0.490. The highest BCUT2D eigenvalue weighted by molar-refractivity contribution is 9.10. The van der Waals surface area contributed by atoms with Crippen LogP contribution >= 0.6 is 49.9 Å². The first kappa shape index (κ1) is 11.6. The van der Waals surface area contributed by atoms with Gasteiger partial charge in [0, 0.05) is 30.6 Å². The van der Waals surface area contributed by atoms with Gasteiger partial charge in [-0.15, -0.1) is 34.0 Å². The molecule has 0 fully saturated rings. The van der Waals surface area contributed by atoms with Crippen LogP contribution in [0.3, 0.4) is 0 Å².